The molecule has 0 radical (unpaired) electrons. The normalized spacial score (nSPS) is 18.0. The van der Waals surface area contributed by atoms with Crippen LogP contribution in [0, 0.1) is 0 Å². The van der Waals surface area contributed by atoms with Gasteiger partial charge < -0.3 is 24.1 Å². The molecule has 6 heteroatoms. The summed E-state index contributed by atoms with van der Waals surface area (Å²) in [4.78, 5) is 5.23. The summed E-state index contributed by atoms with van der Waals surface area (Å²) in [5.74, 6) is 3.03. The van der Waals surface area contributed by atoms with Crippen LogP contribution in [0.15, 0.2) is 48.5 Å². The third kappa shape index (κ3) is 9.37. The first-order valence-corrected chi connectivity index (χ1v) is 17.2. The van der Waals surface area contributed by atoms with Gasteiger partial charge in [-0.3, -0.25) is 0 Å². The van der Waals surface area contributed by atoms with E-state index in [0.29, 0.717) is 37.9 Å². The standard InChI is InChI=1S/C38H51NO5/c40-29-30-27-35-38-32-20-17-19-31(39-32)37-33(41-23-13-9-5-1-3-7-11-15-25-43-35)21-18-22-34(37)42-24-14-10-6-2-4-8-12-16-26-44-36(38)28-30/h17-22,27-28,40H,1-16,23-26,29H2. The Labute approximate surface area is 264 Å². The van der Waals surface area contributed by atoms with Crippen molar-refractivity contribution in [1.29, 1.82) is 0 Å². The summed E-state index contributed by atoms with van der Waals surface area (Å²) in [5.41, 5.74) is 4.07. The highest BCUT2D eigenvalue weighted by Crippen LogP contribution is 2.43. The molecule has 238 valence electrons. The summed E-state index contributed by atoms with van der Waals surface area (Å²) < 4.78 is 25.8. The highest BCUT2D eigenvalue weighted by molar-refractivity contribution is 5.80. The molecular formula is C38H51NO5. The van der Waals surface area contributed by atoms with Gasteiger partial charge in [0.2, 0.25) is 0 Å². The molecule has 2 aromatic carbocycles. The summed E-state index contributed by atoms with van der Waals surface area (Å²) in [7, 11) is 0. The Morgan fingerprint density at radius 1 is 0.455 bits per heavy atom. The van der Waals surface area contributed by atoms with Crippen molar-refractivity contribution in [2.45, 2.75) is 109 Å². The Kier molecular flexibility index (Phi) is 13.1. The van der Waals surface area contributed by atoms with Gasteiger partial charge in [0.15, 0.2) is 0 Å². The number of aliphatic hydroxyl groups excluding tert-OH is 1. The van der Waals surface area contributed by atoms with Gasteiger partial charge in [0.1, 0.15) is 23.0 Å². The molecule has 6 nitrogen and oxygen atoms in total. The number of ether oxygens (including phenoxy) is 4. The number of rotatable bonds is 1. The number of nitrogens with zero attached hydrogens (tertiary/aromatic N) is 1. The molecule has 3 aromatic rings. The second-order valence-electron chi connectivity index (χ2n) is 12.2. The monoisotopic (exact) mass is 601 g/mol. The molecule has 0 saturated heterocycles. The summed E-state index contributed by atoms with van der Waals surface area (Å²) in [6.07, 6.45) is 18.6. The summed E-state index contributed by atoms with van der Waals surface area (Å²) in [6.45, 7) is 2.51. The van der Waals surface area contributed by atoms with Gasteiger partial charge in [-0.25, -0.2) is 4.98 Å². The number of aromatic nitrogens is 1. The lowest BCUT2D eigenvalue weighted by molar-refractivity contribution is 0.272. The maximum absolute atomic E-state index is 10.1. The van der Waals surface area contributed by atoms with Crippen LogP contribution in [-0.4, -0.2) is 36.5 Å². The average molecular weight is 602 g/mol. The quantitative estimate of drug-likeness (QED) is 0.299. The minimum absolute atomic E-state index is 0.0775. The highest BCUT2D eigenvalue weighted by Gasteiger charge is 2.21. The molecule has 0 aliphatic carbocycles. The van der Waals surface area contributed by atoms with Crippen LogP contribution in [-0.2, 0) is 6.61 Å². The molecule has 4 bridgehead atoms. The SMILES string of the molecule is OCc1cc2c3c(c1)OCCCCCCCCCCOc1cccc(c1-c1cccc-3n1)OCCCCCCCCCCO2. The zero-order chi connectivity index (χ0) is 30.2. The van der Waals surface area contributed by atoms with E-state index in [1.165, 1.54) is 64.2 Å². The number of pyridine rings is 1. The number of benzene rings is 2. The van der Waals surface area contributed by atoms with Gasteiger partial charge in [-0.15, -0.1) is 0 Å². The van der Waals surface area contributed by atoms with E-state index < -0.39 is 0 Å². The largest absolute Gasteiger partial charge is 0.493 e. The smallest absolute Gasteiger partial charge is 0.132 e. The third-order valence-corrected chi connectivity index (χ3v) is 8.67. The molecule has 0 fully saturated rings. The Morgan fingerprint density at radius 2 is 0.795 bits per heavy atom. The summed E-state index contributed by atoms with van der Waals surface area (Å²) in [6, 6.07) is 16.1. The molecule has 2 aliphatic rings. The average Bonchev–Trinajstić information content (AvgIpc) is 3.05. The predicted molar refractivity (Wildman–Crippen MR) is 177 cm³/mol. The van der Waals surface area contributed by atoms with Gasteiger partial charge in [-0.1, -0.05) is 89.2 Å². The van der Waals surface area contributed by atoms with Crippen LogP contribution < -0.4 is 18.9 Å². The van der Waals surface area contributed by atoms with Crippen LogP contribution in [0.2, 0.25) is 0 Å². The number of hydrogen-bond donors (Lipinski definition) is 1. The number of hydrogen-bond acceptors (Lipinski definition) is 6. The van der Waals surface area contributed by atoms with E-state index in [1.807, 2.05) is 48.5 Å². The van der Waals surface area contributed by atoms with Crippen molar-refractivity contribution < 1.29 is 24.1 Å². The molecular weight excluding hydrogens is 550 g/mol. The van der Waals surface area contributed by atoms with Crippen LogP contribution in [0.25, 0.3) is 22.5 Å². The van der Waals surface area contributed by atoms with Crippen LogP contribution in [0.3, 0.4) is 0 Å². The van der Waals surface area contributed by atoms with Crippen LogP contribution in [0.1, 0.15) is 108 Å². The third-order valence-electron chi connectivity index (χ3n) is 8.67. The van der Waals surface area contributed by atoms with E-state index in [0.717, 1.165) is 78.1 Å². The van der Waals surface area contributed by atoms with Gasteiger partial charge in [0, 0.05) is 0 Å². The fraction of sp³-hybridized carbons (Fsp3) is 0.553. The number of aliphatic hydroxyl groups is 1. The van der Waals surface area contributed by atoms with Gasteiger partial charge >= 0.3 is 0 Å². The van der Waals surface area contributed by atoms with Crippen molar-refractivity contribution in [3.8, 4) is 45.5 Å². The molecule has 0 amide bonds. The molecule has 0 unspecified atom stereocenters. The van der Waals surface area contributed by atoms with Gasteiger partial charge in [0.25, 0.3) is 0 Å². The minimum Gasteiger partial charge on any atom is -0.493 e. The molecule has 1 N–H and O–H groups in total. The minimum atomic E-state index is -0.0775. The lowest BCUT2D eigenvalue weighted by Gasteiger charge is -2.19. The molecule has 3 heterocycles. The van der Waals surface area contributed by atoms with Crippen LogP contribution in [0.4, 0.5) is 0 Å². The van der Waals surface area contributed by atoms with Crippen LogP contribution in [0.5, 0.6) is 23.0 Å². The Balaban J connectivity index is 1.59. The van der Waals surface area contributed by atoms with Gasteiger partial charge in [-0.05, 0) is 67.6 Å². The maximum atomic E-state index is 10.1. The summed E-state index contributed by atoms with van der Waals surface area (Å²) in [5, 5.41) is 10.1. The van der Waals surface area contributed by atoms with Gasteiger partial charge in [0.05, 0.1) is 55.5 Å². The van der Waals surface area contributed by atoms with Crippen molar-refractivity contribution in [2.24, 2.45) is 0 Å². The first kappa shape index (κ1) is 32.2. The first-order valence-electron chi connectivity index (χ1n) is 17.2. The lowest BCUT2D eigenvalue weighted by Crippen LogP contribution is -2.06. The molecule has 0 atom stereocenters. The Bertz CT molecular complexity index is 1220. The van der Waals surface area contributed by atoms with Crippen molar-refractivity contribution in [3.63, 3.8) is 0 Å². The van der Waals surface area contributed by atoms with E-state index in [2.05, 4.69) is 0 Å². The topological polar surface area (TPSA) is 70.0 Å². The Hall–Kier alpha value is -3.25. The van der Waals surface area contributed by atoms with E-state index in [4.69, 9.17) is 23.9 Å². The molecule has 5 rings (SSSR count). The van der Waals surface area contributed by atoms with Gasteiger partial charge in [-0.2, -0.15) is 0 Å². The molecule has 2 aliphatic heterocycles. The second kappa shape index (κ2) is 17.9. The molecule has 0 spiro atoms. The zero-order valence-corrected chi connectivity index (χ0v) is 26.5. The van der Waals surface area contributed by atoms with Crippen molar-refractivity contribution >= 4 is 0 Å². The summed E-state index contributed by atoms with van der Waals surface area (Å²) >= 11 is 0. The zero-order valence-electron chi connectivity index (χ0n) is 26.5. The lowest BCUT2D eigenvalue weighted by atomic mass is 10.0. The fourth-order valence-electron chi connectivity index (χ4n) is 6.19. The van der Waals surface area contributed by atoms with E-state index >= 15 is 0 Å². The predicted octanol–water partition coefficient (Wildman–Crippen LogP) is 9.69. The van der Waals surface area contributed by atoms with E-state index in [1.54, 1.807) is 0 Å². The first-order chi connectivity index (χ1) is 21.8. The highest BCUT2D eigenvalue weighted by atomic mass is 16.5. The second-order valence-corrected chi connectivity index (χ2v) is 12.2. The van der Waals surface area contributed by atoms with E-state index in [9.17, 15) is 5.11 Å². The van der Waals surface area contributed by atoms with Crippen LogP contribution >= 0.6 is 0 Å². The van der Waals surface area contributed by atoms with Crippen molar-refractivity contribution in [1.82, 2.24) is 4.98 Å². The molecule has 44 heavy (non-hydrogen) atoms. The van der Waals surface area contributed by atoms with Crippen molar-refractivity contribution in [3.05, 3.63) is 54.1 Å². The van der Waals surface area contributed by atoms with E-state index in [-0.39, 0.29) is 6.61 Å². The maximum Gasteiger partial charge on any atom is 0.132 e. The molecule has 0 saturated carbocycles. The fourth-order valence-corrected chi connectivity index (χ4v) is 6.19. The van der Waals surface area contributed by atoms with Crippen molar-refractivity contribution in [2.75, 3.05) is 26.4 Å². The molecule has 1 aromatic heterocycles. The Morgan fingerprint density at radius 3 is 1.20 bits per heavy atom.